The van der Waals surface area contributed by atoms with Gasteiger partial charge in [-0.1, -0.05) is 0 Å². The molecule has 0 saturated carbocycles. The van der Waals surface area contributed by atoms with Crippen LogP contribution in [0.1, 0.15) is 120 Å². The molecule has 3 heterocycles. The minimum atomic E-state index is -0.515. The summed E-state index contributed by atoms with van der Waals surface area (Å²) >= 11 is 0. The third-order valence-electron chi connectivity index (χ3n) is 9.50. The van der Waals surface area contributed by atoms with Crippen molar-refractivity contribution in [2.75, 3.05) is 37.1 Å². The molecule has 0 aliphatic rings. The van der Waals surface area contributed by atoms with E-state index in [1.807, 2.05) is 55.4 Å². The fraction of sp³-hybridized carbons (Fsp3) is 0.619. The molecule has 0 spiro atoms. The average Bonchev–Trinajstić information content (AvgIpc) is 3.14. The molecule has 6 N–H and O–H groups in total. The van der Waals surface area contributed by atoms with Crippen LogP contribution in [0.5, 0.6) is 0 Å². The number of aromatic nitrogens is 6. The highest BCUT2D eigenvalue weighted by Gasteiger charge is 2.25. The third kappa shape index (κ3) is 18.1. The molecule has 0 saturated heterocycles. The van der Waals surface area contributed by atoms with E-state index in [0.29, 0.717) is 63.1 Å². The lowest BCUT2D eigenvalue weighted by Gasteiger charge is -2.30. The second-order valence-corrected chi connectivity index (χ2v) is 17.2. The highest BCUT2D eigenvalue weighted by Crippen LogP contribution is 2.25. The maximum absolute atomic E-state index is 12.9. The summed E-state index contributed by atoms with van der Waals surface area (Å²) in [6, 6.07) is 6.58. The number of pyridine rings is 2. The minimum Gasteiger partial charge on any atom is -0.396 e. The summed E-state index contributed by atoms with van der Waals surface area (Å²) in [4.78, 5) is 59.8. The van der Waals surface area contributed by atoms with Gasteiger partial charge in [-0.15, -0.1) is 20.4 Å². The summed E-state index contributed by atoms with van der Waals surface area (Å²) in [6.07, 6.45) is 6.33. The molecule has 3 aromatic rings. The van der Waals surface area contributed by atoms with Gasteiger partial charge in [0.05, 0.1) is 22.6 Å². The van der Waals surface area contributed by atoms with Crippen molar-refractivity contribution in [2.24, 2.45) is 0 Å². The number of carbonyl (C=O) groups excluding carboxylic acids is 4. The number of anilines is 2. The molecule has 3 aromatic heterocycles. The molecule has 60 heavy (non-hydrogen) atoms. The van der Waals surface area contributed by atoms with Gasteiger partial charge in [0.2, 0.25) is 35.3 Å². The first-order valence-electron chi connectivity index (χ1n) is 20.4. The highest BCUT2D eigenvalue weighted by molar-refractivity contribution is 5.95. The van der Waals surface area contributed by atoms with E-state index in [0.717, 1.165) is 0 Å². The maximum Gasteiger partial charge on any atom is 0.224 e. The van der Waals surface area contributed by atoms with Gasteiger partial charge in [0.15, 0.2) is 0 Å². The van der Waals surface area contributed by atoms with Crippen molar-refractivity contribution in [3.8, 4) is 23.0 Å². The normalized spacial score (nSPS) is 12.2. The summed E-state index contributed by atoms with van der Waals surface area (Å²) in [5.74, 6) is -0.921. The van der Waals surface area contributed by atoms with Gasteiger partial charge in [0.25, 0.3) is 0 Å². The number of nitrogens with one attached hydrogen (secondary N) is 4. The maximum atomic E-state index is 12.9. The van der Waals surface area contributed by atoms with Crippen LogP contribution < -0.4 is 21.3 Å². The van der Waals surface area contributed by atoms with Crippen LogP contribution in [0.2, 0.25) is 0 Å². The molecule has 0 aromatic carbocycles. The monoisotopic (exact) mass is 836 g/mol. The number of hydrogen-bond donors (Lipinski definition) is 6. The van der Waals surface area contributed by atoms with Crippen LogP contribution in [0.4, 0.5) is 11.4 Å². The molecule has 0 aliphatic carbocycles. The predicted octanol–water partition coefficient (Wildman–Crippen LogP) is 4.53. The van der Waals surface area contributed by atoms with E-state index in [-0.39, 0.29) is 85.6 Å². The molecule has 0 fully saturated rings. The Hall–Kier alpha value is -5.04. The minimum absolute atomic E-state index is 0.0356. The largest absolute Gasteiger partial charge is 0.396 e. The van der Waals surface area contributed by atoms with Crippen molar-refractivity contribution in [1.82, 2.24) is 41.0 Å². The highest BCUT2D eigenvalue weighted by atomic mass is 16.5. The first kappa shape index (κ1) is 49.3. The van der Waals surface area contributed by atoms with Gasteiger partial charge in [0.1, 0.15) is 11.4 Å². The van der Waals surface area contributed by atoms with Gasteiger partial charge < -0.3 is 41.0 Å². The van der Waals surface area contributed by atoms with E-state index in [1.54, 1.807) is 24.3 Å². The van der Waals surface area contributed by atoms with Crippen molar-refractivity contribution in [2.45, 2.75) is 142 Å². The molecule has 330 valence electrons. The lowest BCUT2D eigenvalue weighted by Crippen LogP contribution is -2.44. The third-order valence-corrected chi connectivity index (χ3v) is 9.50. The Kier molecular flexibility index (Phi) is 19.0. The summed E-state index contributed by atoms with van der Waals surface area (Å²) in [5, 5.41) is 46.8. The number of rotatable bonds is 26. The Bertz CT molecular complexity index is 1720. The van der Waals surface area contributed by atoms with Crippen LogP contribution in [-0.2, 0) is 28.7 Å². The lowest BCUT2D eigenvalue weighted by atomic mass is 10.00. The Morgan fingerprint density at radius 2 is 0.900 bits per heavy atom. The van der Waals surface area contributed by atoms with Gasteiger partial charge in [-0.05, 0) is 118 Å². The first-order valence-corrected chi connectivity index (χ1v) is 20.4. The second-order valence-electron chi connectivity index (χ2n) is 17.2. The Morgan fingerprint density at radius 1 is 0.550 bits per heavy atom. The van der Waals surface area contributed by atoms with Crippen LogP contribution in [0.3, 0.4) is 0 Å². The van der Waals surface area contributed by atoms with Crippen molar-refractivity contribution >= 4 is 35.0 Å². The number of nitrogens with zero attached hydrogens (tertiary/aromatic N) is 6. The number of carbonyl (C=O) groups is 4. The van der Waals surface area contributed by atoms with E-state index >= 15 is 0 Å². The van der Waals surface area contributed by atoms with E-state index < -0.39 is 22.3 Å². The van der Waals surface area contributed by atoms with Gasteiger partial charge in [0, 0.05) is 75.6 Å². The van der Waals surface area contributed by atoms with Crippen LogP contribution >= 0.6 is 0 Å². The topological polar surface area (TPSA) is 253 Å². The van der Waals surface area contributed by atoms with Gasteiger partial charge in [-0.2, -0.15) is 0 Å². The van der Waals surface area contributed by atoms with Crippen LogP contribution in [0, 0.1) is 0 Å². The summed E-state index contributed by atoms with van der Waals surface area (Å²) in [6.45, 7) is 16.2. The van der Waals surface area contributed by atoms with E-state index in [9.17, 15) is 29.4 Å². The first-order chi connectivity index (χ1) is 28.2. The predicted molar refractivity (Wildman–Crippen MR) is 226 cm³/mol. The number of aliphatic hydroxyl groups excluding tert-OH is 2. The number of amides is 4. The molecule has 3 rings (SSSR count). The Morgan fingerprint density at radius 3 is 1.25 bits per heavy atom. The van der Waals surface area contributed by atoms with Crippen molar-refractivity contribution in [1.29, 1.82) is 0 Å². The number of hydrogen-bond acceptors (Lipinski definition) is 14. The van der Waals surface area contributed by atoms with Crippen LogP contribution in [0.15, 0.2) is 36.7 Å². The molecule has 0 unspecified atom stereocenters. The quantitative estimate of drug-likeness (QED) is 0.0650. The average molecular weight is 837 g/mol. The zero-order valence-electron chi connectivity index (χ0n) is 36.4. The lowest BCUT2D eigenvalue weighted by molar-refractivity contribution is -0.124. The molecule has 0 radical (unpaired) electrons. The summed E-state index contributed by atoms with van der Waals surface area (Å²) in [5.41, 5.74) is -0.793. The second kappa shape index (κ2) is 23.1. The van der Waals surface area contributed by atoms with E-state index in [4.69, 9.17) is 9.47 Å². The molecular weight excluding hydrogens is 773 g/mol. The van der Waals surface area contributed by atoms with Gasteiger partial charge in [-0.3, -0.25) is 29.1 Å². The molecular formula is C42H64N10O8. The zero-order valence-corrected chi connectivity index (χ0v) is 36.4. The SMILES string of the molecule is CC(C)(CCOC(C)(C)CCO)NC(=O)CCCC(=O)Nc1cccnc1-c1nnc(-c2ncccc2NC(=O)CCCC(=O)NC(C)(C)CCOC(C)(C)CCO)nn1. The molecule has 0 atom stereocenters. The molecule has 0 aliphatic heterocycles. The van der Waals surface area contributed by atoms with Crippen molar-refractivity contribution in [3.63, 3.8) is 0 Å². The number of aliphatic hydroxyl groups is 2. The standard InChI is InChI=1S/C42H64N10O8/c1-39(2,21-27-59-41(5,6)19-25-53)47-33(57)17-9-15-31(55)45-29-13-11-23-43-35(29)37-49-51-38(52-50-37)36-30(14-12-24-44-36)46-32(56)16-10-18-34(58)48-40(3,4)22-28-60-42(7,8)20-26-54/h11-14,23-24,53-54H,9-10,15-22,25-28H2,1-8H3,(H,45,55)(H,46,56)(H,47,57)(H,48,58). The van der Waals surface area contributed by atoms with Crippen molar-refractivity contribution < 1.29 is 38.9 Å². The molecule has 4 amide bonds. The number of ether oxygens (including phenoxy) is 2. The van der Waals surface area contributed by atoms with Crippen LogP contribution in [0.25, 0.3) is 23.0 Å². The molecule has 18 heteroatoms. The van der Waals surface area contributed by atoms with Gasteiger partial charge in [-0.25, -0.2) is 0 Å². The fourth-order valence-electron chi connectivity index (χ4n) is 5.88. The van der Waals surface area contributed by atoms with E-state index in [1.165, 1.54) is 12.4 Å². The van der Waals surface area contributed by atoms with Crippen molar-refractivity contribution in [3.05, 3.63) is 36.7 Å². The van der Waals surface area contributed by atoms with Gasteiger partial charge >= 0.3 is 0 Å². The molecule has 0 bridgehead atoms. The van der Waals surface area contributed by atoms with E-state index in [2.05, 4.69) is 51.6 Å². The van der Waals surface area contributed by atoms with Crippen LogP contribution in [-0.4, -0.2) is 113 Å². The zero-order chi connectivity index (χ0) is 44.4. The Labute approximate surface area is 352 Å². The summed E-state index contributed by atoms with van der Waals surface area (Å²) in [7, 11) is 0. The molecule has 18 nitrogen and oxygen atoms in total. The summed E-state index contributed by atoms with van der Waals surface area (Å²) < 4.78 is 11.7. The fourth-order valence-corrected chi connectivity index (χ4v) is 5.88. The smallest absolute Gasteiger partial charge is 0.224 e. The Balaban J connectivity index is 1.50.